The van der Waals surface area contributed by atoms with Gasteiger partial charge in [-0.3, -0.25) is 14.5 Å². The van der Waals surface area contributed by atoms with Gasteiger partial charge in [-0.2, -0.15) is 0 Å². The zero-order valence-electron chi connectivity index (χ0n) is 14.5. The predicted octanol–water partition coefficient (Wildman–Crippen LogP) is 4.55. The van der Waals surface area contributed by atoms with Gasteiger partial charge in [0.15, 0.2) is 0 Å². The number of ether oxygens (including phenoxy) is 1. The maximum atomic E-state index is 13.0. The van der Waals surface area contributed by atoms with Crippen molar-refractivity contribution in [1.82, 2.24) is 4.90 Å². The first kappa shape index (κ1) is 15.8. The molecular weight excluding hydrogens is 338 g/mol. The summed E-state index contributed by atoms with van der Waals surface area (Å²) in [6.07, 6.45) is 0.322. The van der Waals surface area contributed by atoms with Crippen LogP contribution < -0.4 is 4.74 Å². The van der Waals surface area contributed by atoms with Crippen molar-refractivity contribution in [3.8, 4) is 5.75 Å². The molecule has 2 amide bonds. The first-order valence-corrected chi connectivity index (χ1v) is 9.01. The van der Waals surface area contributed by atoms with E-state index in [4.69, 9.17) is 4.74 Å². The molecule has 0 aliphatic carbocycles. The van der Waals surface area contributed by atoms with Crippen molar-refractivity contribution in [2.24, 2.45) is 0 Å². The van der Waals surface area contributed by atoms with Gasteiger partial charge in [-0.15, -0.1) is 0 Å². The number of fused-ring (bicyclic) bond motifs is 2. The van der Waals surface area contributed by atoms with Gasteiger partial charge >= 0.3 is 0 Å². The molecule has 0 spiro atoms. The Morgan fingerprint density at radius 2 is 1.33 bits per heavy atom. The number of carbonyl (C=O) groups is 2. The number of carbonyl (C=O) groups excluding carboxylic acids is 2. The van der Waals surface area contributed by atoms with Gasteiger partial charge in [-0.1, -0.05) is 60.7 Å². The lowest BCUT2D eigenvalue weighted by Crippen LogP contribution is -2.37. The summed E-state index contributed by atoms with van der Waals surface area (Å²) in [4.78, 5) is 27.5. The molecule has 2 aliphatic heterocycles. The highest BCUT2D eigenvalue weighted by Gasteiger charge is 2.44. The van der Waals surface area contributed by atoms with Crippen LogP contribution in [0.25, 0.3) is 0 Å². The van der Waals surface area contributed by atoms with Crippen LogP contribution in [0.4, 0.5) is 0 Å². The third-order valence-corrected chi connectivity index (χ3v) is 5.29. The normalized spacial score (nSPS) is 20.8. The van der Waals surface area contributed by atoms with E-state index in [-0.39, 0.29) is 24.0 Å². The number of rotatable bonds is 2. The minimum atomic E-state index is -0.354. The molecule has 0 saturated heterocycles. The molecule has 27 heavy (non-hydrogen) atoms. The van der Waals surface area contributed by atoms with Crippen LogP contribution in [0, 0.1) is 0 Å². The lowest BCUT2D eigenvalue weighted by atomic mass is 9.92. The summed E-state index contributed by atoms with van der Waals surface area (Å²) < 4.78 is 6.21. The van der Waals surface area contributed by atoms with Crippen molar-refractivity contribution in [3.05, 3.63) is 101 Å². The fraction of sp³-hybridized carbons (Fsp3) is 0.130. The number of amides is 2. The van der Waals surface area contributed by atoms with E-state index in [0.717, 1.165) is 16.9 Å². The molecule has 0 fully saturated rings. The van der Waals surface area contributed by atoms with Gasteiger partial charge in [-0.25, -0.2) is 0 Å². The highest BCUT2D eigenvalue weighted by molar-refractivity contribution is 6.21. The molecule has 4 heteroatoms. The summed E-state index contributed by atoms with van der Waals surface area (Å²) in [5.41, 5.74) is 2.86. The Hall–Kier alpha value is -3.40. The van der Waals surface area contributed by atoms with E-state index in [0.29, 0.717) is 17.5 Å². The monoisotopic (exact) mass is 355 g/mol. The first-order valence-electron chi connectivity index (χ1n) is 9.01. The summed E-state index contributed by atoms with van der Waals surface area (Å²) >= 11 is 0. The van der Waals surface area contributed by atoms with Crippen molar-refractivity contribution in [2.45, 2.75) is 18.6 Å². The maximum absolute atomic E-state index is 13.0. The predicted molar refractivity (Wildman–Crippen MR) is 101 cm³/mol. The molecule has 4 nitrogen and oxygen atoms in total. The van der Waals surface area contributed by atoms with E-state index in [1.807, 2.05) is 54.6 Å². The minimum absolute atomic E-state index is 0.213. The van der Waals surface area contributed by atoms with E-state index in [9.17, 15) is 9.59 Å². The van der Waals surface area contributed by atoms with Crippen LogP contribution in [0.1, 0.15) is 50.4 Å². The summed E-state index contributed by atoms with van der Waals surface area (Å²) in [5, 5.41) is 0. The number of hydrogen-bond donors (Lipinski definition) is 0. The van der Waals surface area contributed by atoms with Crippen LogP contribution in [-0.2, 0) is 0 Å². The average molecular weight is 355 g/mol. The number of para-hydroxylation sites is 1. The summed E-state index contributed by atoms with van der Waals surface area (Å²) in [6.45, 7) is 0. The van der Waals surface area contributed by atoms with E-state index < -0.39 is 0 Å². The van der Waals surface area contributed by atoms with Crippen molar-refractivity contribution >= 4 is 11.8 Å². The maximum Gasteiger partial charge on any atom is 0.262 e. The van der Waals surface area contributed by atoms with E-state index in [2.05, 4.69) is 0 Å². The Morgan fingerprint density at radius 1 is 0.741 bits per heavy atom. The zero-order chi connectivity index (χ0) is 18.4. The molecule has 0 saturated carbocycles. The van der Waals surface area contributed by atoms with Crippen LogP contribution in [0.5, 0.6) is 5.75 Å². The second kappa shape index (κ2) is 6.09. The molecule has 2 aliphatic rings. The third-order valence-electron chi connectivity index (χ3n) is 5.29. The molecule has 5 rings (SSSR count). The summed E-state index contributed by atoms with van der Waals surface area (Å²) in [6, 6.07) is 24.2. The van der Waals surface area contributed by atoms with Crippen LogP contribution in [-0.4, -0.2) is 16.7 Å². The van der Waals surface area contributed by atoms with E-state index in [1.54, 1.807) is 24.3 Å². The van der Waals surface area contributed by atoms with Gasteiger partial charge in [0.25, 0.3) is 11.8 Å². The number of imide groups is 1. The fourth-order valence-corrected chi connectivity index (χ4v) is 4.00. The Bertz CT molecular complexity index is 1010. The highest BCUT2D eigenvalue weighted by Crippen LogP contribution is 2.45. The molecule has 0 bridgehead atoms. The van der Waals surface area contributed by atoms with Crippen molar-refractivity contribution in [2.75, 3.05) is 0 Å². The smallest absolute Gasteiger partial charge is 0.262 e. The molecular formula is C23H17NO3. The molecule has 0 N–H and O–H groups in total. The summed E-state index contributed by atoms with van der Waals surface area (Å²) in [5.74, 6) is 0.257. The van der Waals surface area contributed by atoms with Gasteiger partial charge in [0.05, 0.1) is 17.2 Å². The average Bonchev–Trinajstić information content (AvgIpc) is 2.98. The van der Waals surface area contributed by atoms with Crippen LogP contribution in [0.2, 0.25) is 0 Å². The van der Waals surface area contributed by atoms with Gasteiger partial charge in [0.2, 0.25) is 0 Å². The van der Waals surface area contributed by atoms with Gasteiger partial charge in [0.1, 0.15) is 11.9 Å². The largest absolute Gasteiger partial charge is 0.485 e. The lowest BCUT2D eigenvalue weighted by molar-refractivity contribution is 0.0478. The lowest BCUT2D eigenvalue weighted by Gasteiger charge is -2.36. The number of benzene rings is 3. The standard InChI is InChI=1S/C23H17NO3/c25-22-16-10-4-5-11-17(16)23(26)24(22)19-14-21(15-8-2-1-3-9-15)27-20-13-7-6-12-18(19)20/h1-13,19,21H,14H2/t19-,21+/m1/s1. The summed E-state index contributed by atoms with van der Waals surface area (Å²) in [7, 11) is 0. The highest BCUT2D eigenvalue weighted by atomic mass is 16.5. The Balaban J connectivity index is 1.59. The topological polar surface area (TPSA) is 46.6 Å². The Labute approximate surface area is 157 Å². The second-order valence-corrected chi connectivity index (χ2v) is 6.83. The van der Waals surface area contributed by atoms with E-state index in [1.165, 1.54) is 4.90 Å². The fourth-order valence-electron chi connectivity index (χ4n) is 4.00. The molecule has 3 aromatic rings. The van der Waals surface area contributed by atoms with Crippen LogP contribution >= 0.6 is 0 Å². The molecule has 0 radical (unpaired) electrons. The molecule has 2 atom stereocenters. The Kier molecular flexibility index (Phi) is 3.57. The zero-order valence-corrected chi connectivity index (χ0v) is 14.5. The van der Waals surface area contributed by atoms with E-state index >= 15 is 0 Å². The van der Waals surface area contributed by atoms with Crippen molar-refractivity contribution < 1.29 is 14.3 Å². The van der Waals surface area contributed by atoms with Gasteiger partial charge < -0.3 is 4.74 Å². The molecule has 3 aromatic carbocycles. The Morgan fingerprint density at radius 3 is 2.04 bits per heavy atom. The van der Waals surface area contributed by atoms with Crippen molar-refractivity contribution in [1.29, 1.82) is 0 Å². The molecule has 2 heterocycles. The quantitative estimate of drug-likeness (QED) is 0.634. The minimum Gasteiger partial charge on any atom is -0.485 e. The van der Waals surface area contributed by atoms with Crippen LogP contribution in [0.15, 0.2) is 78.9 Å². The molecule has 0 aromatic heterocycles. The first-order chi connectivity index (χ1) is 13.2. The third kappa shape index (κ3) is 2.45. The van der Waals surface area contributed by atoms with Gasteiger partial charge in [0, 0.05) is 12.0 Å². The number of nitrogens with zero attached hydrogens (tertiary/aromatic N) is 1. The second-order valence-electron chi connectivity index (χ2n) is 6.83. The van der Waals surface area contributed by atoms with Crippen molar-refractivity contribution in [3.63, 3.8) is 0 Å². The van der Waals surface area contributed by atoms with Crippen LogP contribution in [0.3, 0.4) is 0 Å². The number of hydrogen-bond acceptors (Lipinski definition) is 3. The SMILES string of the molecule is O=C1c2ccccc2C(=O)N1[C@@H]1C[C@@H](c2ccccc2)Oc2ccccc21. The molecule has 0 unspecified atom stereocenters. The molecule has 132 valence electrons. The van der Waals surface area contributed by atoms with Gasteiger partial charge in [-0.05, 0) is 23.8 Å².